The maximum absolute atomic E-state index is 11.5. The van der Waals surface area contributed by atoms with E-state index in [-0.39, 0.29) is 25.0 Å². The maximum atomic E-state index is 11.5. The highest BCUT2D eigenvalue weighted by Gasteiger charge is 2.15. The summed E-state index contributed by atoms with van der Waals surface area (Å²) in [5.41, 5.74) is 10.9. The summed E-state index contributed by atoms with van der Waals surface area (Å²) in [6.45, 7) is 0. The Morgan fingerprint density at radius 1 is 1.05 bits per heavy atom. The van der Waals surface area contributed by atoms with E-state index < -0.39 is 24.0 Å². The molecule has 6 N–H and O–H groups in total. The first-order chi connectivity index (χ1) is 8.84. The van der Waals surface area contributed by atoms with Crippen molar-refractivity contribution >= 4 is 29.5 Å². The van der Waals surface area contributed by atoms with E-state index in [0.29, 0.717) is 17.9 Å². The fourth-order valence-electron chi connectivity index (χ4n) is 1.26. The van der Waals surface area contributed by atoms with Crippen LogP contribution in [0.15, 0.2) is 0 Å². The first-order valence-electron chi connectivity index (χ1n) is 5.90. The van der Waals surface area contributed by atoms with E-state index >= 15 is 0 Å². The highest BCUT2D eigenvalue weighted by molar-refractivity contribution is 7.99. The van der Waals surface area contributed by atoms with Crippen molar-refractivity contribution in [2.24, 2.45) is 11.5 Å². The topological polar surface area (TPSA) is 144 Å². The number of rotatable bonds is 11. The highest BCUT2D eigenvalue weighted by atomic mass is 32.2. The molecule has 0 aliphatic heterocycles. The van der Waals surface area contributed by atoms with Gasteiger partial charge >= 0.3 is 11.9 Å². The van der Waals surface area contributed by atoms with Crippen LogP contribution in [-0.2, 0) is 14.4 Å². The molecule has 0 aromatic carbocycles. The van der Waals surface area contributed by atoms with E-state index in [0.717, 1.165) is 0 Å². The molecule has 0 spiro atoms. The van der Waals surface area contributed by atoms with Crippen LogP contribution in [0.4, 0.5) is 0 Å². The first-order valence-corrected chi connectivity index (χ1v) is 7.06. The van der Waals surface area contributed by atoms with Crippen molar-refractivity contribution in [3.05, 3.63) is 0 Å². The minimum absolute atomic E-state index is 0.116. The fraction of sp³-hybridized carbons (Fsp3) is 0.727. The Morgan fingerprint density at radius 2 is 1.68 bits per heavy atom. The van der Waals surface area contributed by atoms with E-state index in [1.54, 1.807) is 0 Å². The lowest BCUT2D eigenvalue weighted by molar-refractivity contribution is -0.138. The van der Waals surface area contributed by atoms with Gasteiger partial charge in [-0.15, -0.1) is 0 Å². The van der Waals surface area contributed by atoms with Gasteiger partial charge in [0.2, 0.25) is 0 Å². The zero-order chi connectivity index (χ0) is 14.8. The molecule has 0 saturated heterocycles. The molecular weight excluding hydrogens is 272 g/mol. The van der Waals surface area contributed by atoms with E-state index in [1.165, 1.54) is 11.8 Å². The van der Waals surface area contributed by atoms with Gasteiger partial charge in [0.15, 0.2) is 0 Å². The number of carbonyl (C=O) groups excluding carboxylic acids is 1. The van der Waals surface area contributed by atoms with E-state index in [1.807, 2.05) is 0 Å². The fourth-order valence-corrected chi connectivity index (χ4v) is 2.17. The molecule has 0 rings (SSSR count). The Hall–Kier alpha value is -1.12. The molecule has 110 valence electrons. The standard InChI is InChI=1S/C11H20N2O5S/c12-7(3-4-10(15)16)9(14)2-1-5-19-6-8(13)11(17)18/h7-8H,1-6,12-13H2,(H,15,16)(H,17,18). The predicted molar refractivity (Wildman–Crippen MR) is 72.0 cm³/mol. The quantitative estimate of drug-likeness (QED) is 0.379. The van der Waals surface area contributed by atoms with Gasteiger partial charge in [0, 0.05) is 18.6 Å². The lowest BCUT2D eigenvalue weighted by atomic mass is 10.0. The van der Waals surface area contributed by atoms with Crippen LogP contribution >= 0.6 is 11.8 Å². The van der Waals surface area contributed by atoms with Crippen LogP contribution in [0.25, 0.3) is 0 Å². The normalized spacial score (nSPS) is 13.8. The third kappa shape index (κ3) is 9.46. The van der Waals surface area contributed by atoms with Gasteiger partial charge in [-0.1, -0.05) is 0 Å². The number of aliphatic carboxylic acids is 2. The second kappa shape index (κ2) is 9.76. The maximum Gasteiger partial charge on any atom is 0.321 e. The smallest absolute Gasteiger partial charge is 0.321 e. The van der Waals surface area contributed by atoms with E-state index in [2.05, 4.69) is 0 Å². The number of Topliss-reactive ketones (excluding diaryl/α,β-unsaturated/α-hetero) is 1. The van der Waals surface area contributed by atoms with Gasteiger partial charge in [-0.2, -0.15) is 11.8 Å². The summed E-state index contributed by atoms with van der Waals surface area (Å²) in [6, 6.07) is -1.62. The van der Waals surface area contributed by atoms with Crippen molar-refractivity contribution < 1.29 is 24.6 Å². The molecule has 0 bridgehead atoms. The summed E-state index contributed by atoms with van der Waals surface area (Å²) >= 11 is 1.37. The van der Waals surface area contributed by atoms with Crippen molar-refractivity contribution in [1.29, 1.82) is 0 Å². The summed E-state index contributed by atoms with van der Waals surface area (Å²) in [5.74, 6) is -1.25. The number of hydrogen-bond donors (Lipinski definition) is 4. The molecule has 19 heavy (non-hydrogen) atoms. The number of ketones is 1. The molecule has 0 heterocycles. The third-order valence-corrected chi connectivity index (χ3v) is 3.58. The first kappa shape index (κ1) is 17.9. The monoisotopic (exact) mass is 292 g/mol. The largest absolute Gasteiger partial charge is 0.481 e. The molecule has 0 aliphatic carbocycles. The number of hydrogen-bond acceptors (Lipinski definition) is 6. The highest BCUT2D eigenvalue weighted by Crippen LogP contribution is 2.08. The van der Waals surface area contributed by atoms with Crippen LogP contribution in [-0.4, -0.2) is 51.5 Å². The minimum atomic E-state index is -1.04. The number of carbonyl (C=O) groups is 3. The summed E-state index contributed by atoms with van der Waals surface area (Å²) in [6.07, 6.45) is 0.882. The molecule has 0 aromatic heterocycles. The predicted octanol–water partition coefficient (Wildman–Crippen LogP) is -0.327. The Balaban J connectivity index is 3.63. The van der Waals surface area contributed by atoms with Gasteiger partial charge in [-0.3, -0.25) is 14.4 Å². The summed E-state index contributed by atoms with van der Waals surface area (Å²) in [4.78, 5) is 32.3. The minimum Gasteiger partial charge on any atom is -0.481 e. The zero-order valence-electron chi connectivity index (χ0n) is 10.6. The SMILES string of the molecule is NC(CSCCCC(=O)C(N)CCC(=O)O)C(=O)O. The number of thioether (sulfide) groups is 1. The van der Waals surface area contributed by atoms with E-state index in [4.69, 9.17) is 21.7 Å². The molecule has 0 amide bonds. The van der Waals surface area contributed by atoms with Crippen molar-refractivity contribution in [3.63, 3.8) is 0 Å². The van der Waals surface area contributed by atoms with Crippen molar-refractivity contribution in [1.82, 2.24) is 0 Å². The Labute approximate surface area is 115 Å². The van der Waals surface area contributed by atoms with Crippen LogP contribution < -0.4 is 11.5 Å². The van der Waals surface area contributed by atoms with Crippen molar-refractivity contribution in [2.75, 3.05) is 11.5 Å². The van der Waals surface area contributed by atoms with Gasteiger partial charge < -0.3 is 21.7 Å². The molecular formula is C11H20N2O5S. The molecule has 8 heteroatoms. The Kier molecular flexibility index (Phi) is 9.19. The molecule has 0 saturated carbocycles. The van der Waals surface area contributed by atoms with Gasteiger partial charge in [-0.25, -0.2) is 0 Å². The van der Waals surface area contributed by atoms with Crippen molar-refractivity contribution in [3.8, 4) is 0 Å². The lowest BCUT2D eigenvalue weighted by Crippen LogP contribution is -2.32. The number of carboxylic acid groups (broad SMARTS) is 2. The van der Waals surface area contributed by atoms with Gasteiger partial charge in [0.25, 0.3) is 0 Å². The molecule has 0 aliphatic rings. The Bertz CT molecular complexity index is 324. The molecule has 2 atom stereocenters. The second-order valence-electron chi connectivity index (χ2n) is 4.13. The van der Waals surface area contributed by atoms with Gasteiger partial charge in [-0.05, 0) is 18.6 Å². The average molecular weight is 292 g/mol. The molecule has 2 unspecified atom stereocenters. The average Bonchev–Trinajstić information content (AvgIpc) is 2.34. The van der Waals surface area contributed by atoms with Crippen molar-refractivity contribution in [2.45, 2.75) is 37.8 Å². The van der Waals surface area contributed by atoms with E-state index in [9.17, 15) is 14.4 Å². The van der Waals surface area contributed by atoms with Crippen LogP contribution in [0.3, 0.4) is 0 Å². The van der Waals surface area contributed by atoms with Gasteiger partial charge in [0.05, 0.1) is 6.04 Å². The van der Waals surface area contributed by atoms with Gasteiger partial charge in [0.1, 0.15) is 11.8 Å². The summed E-state index contributed by atoms with van der Waals surface area (Å²) in [5, 5.41) is 17.0. The van der Waals surface area contributed by atoms with Crippen LogP contribution in [0, 0.1) is 0 Å². The lowest BCUT2D eigenvalue weighted by Gasteiger charge is -2.09. The number of carboxylic acids is 2. The molecule has 0 radical (unpaired) electrons. The summed E-state index contributed by atoms with van der Waals surface area (Å²) < 4.78 is 0. The van der Waals surface area contributed by atoms with Crippen LogP contribution in [0.1, 0.15) is 25.7 Å². The molecule has 7 nitrogen and oxygen atoms in total. The van der Waals surface area contributed by atoms with Crippen LogP contribution in [0.5, 0.6) is 0 Å². The summed E-state index contributed by atoms with van der Waals surface area (Å²) in [7, 11) is 0. The Morgan fingerprint density at radius 3 is 2.21 bits per heavy atom. The van der Waals surface area contributed by atoms with Crippen LogP contribution in [0.2, 0.25) is 0 Å². The molecule has 0 aromatic rings. The third-order valence-electron chi connectivity index (χ3n) is 2.41. The zero-order valence-corrected chi connectivity index (χ0v) is 11.4. The number of nitrogens with two attached hydrogens (primary N) is 2. The molecule has 0 fully saturated rings. The second-order valence-corrected chi connectivity index (χ2v) is 5.28.